The number of para-hydroxylation sites is 1. The first-order valence-corrected chi connectivity index (χ1v) is 5.09. The van der Waals surface area contributed by atoms with Crippen LogP contribution >= 0.6 is 12.4 Å². The molecule has 0 bridgehead atoms. The molecule has 3 nitrogen and oxygen atoms in total. The number of anilines is 1. The highest BCUT2D eigenvalue weighted by atomic mass is 35.5. The molecular weight excluding hydrogens is 269 g/mol. The Kier molecular flexibility index (Phi) is 6.54. The molecule has 0 fully saturated rings. The van der Waals surface area contributed by atoms with Gasteiger partial charge in [-0.2, -0.15) is 13.2 Å². The van der Waals surface area contributed by atoms with Crippen LogP contribution in [0.2, 0.25) is 0 Å². The maximum absolute atomic E-state index is 11.8. The van der Waals surface area contributed by atoms with Gasteiger partial charge in [-0.3, -0.25) is 4.79 Å². The van der Waals surface area contributed by atoms with Crippen molar-refractivity contribution in [2.75, 3.05) is 12.3 Å². The minimum absolute atomic E-state index is 0. The first-order valence-electron chi connectivity index (χ1n) is 5.09. The summed E-state index contributed by atoms with van der Waals surface area (Å²) >= 11 is 0. The van der Waals surface area contributed by atoms with Gasteiger partial charge in [-0.05, 0) is 18.6 Å². The smallest absolute Gasteiger partial charge is 0.389 e. The standard InChI is InChI=1S/C11H13F3N2O.ClH/c12-11(13,14)6-3-7-16-10(17)8-4-1-2-5-9(8)15;/h1-2,4-5H,3,6-7,15H2,(H,16,17);1H. The van der Waals surface area contributed by atoms with E-state index in [2.05, 4.69) is 5.32 Å². The van der Waals surface area contributed by atoms with E-state index in [0.29, 0.717) is 5.69 Å². The molecule has 0 aliphatic heterocycles. The Morgan fingerprint density at radius 3 is 2.44 bits per heavy atom. The SMILES string of the molecule is Cl.Nc1ccccc1C(=O)NCCCC(F)(F)F. The average Bonchev–Trinajstić information content (AvgIpc) is 2.23. The fraction of sp³-hybridized carbons (Fsp3) is 0.364. The van der Waals surface area contributed by atoms with Gasteiger partial charge in [0.15, 0.2) is 0 Å². The predicted octanol–water partition coefficient (Wildman–Crippen LogP) is 2.76. The van der Waals surface area contributed by atoms with Crippen LogP contribution in [0.25, 0.3) is 0 Å². The number of nitrogens with two attached hydrogens (primary N) is 1. The lowest BCUT2D eigenvalue weighted by Crippen LogP contribution is -2.26. The molecule has 0 saturated carbocycles. The maximum Gasteiger partial charge on any atom is 0.389 e. The van der Waals surface area contributed by atoms with Gasteiger partial charge in [0, 0.05) is 18.7 Å². The first kappa shape index (κ1) is 16.6. The van der Waals surface area contributed by atoms with E-state index in [9.17, 15) is 18.0 Å². The molecule has 0 aliphatic rings. The van der Waals surface area contributed by atoms with Gasteiger partial charge >= 0.3 is 6.18 Å². The molecule has 0 spiro atoms. The number of hydrogen-bond donors (Lipinski definition) is 2. The van der Waals surface area contributed by atoms with E-state index in [1.807, 2.05) is 0 Å². The van der Waals surface area contributed by atoms with Crippen molar-refractivity contribution in [2.45, 2.75) is 19.0 Å². The van der Waals surface area contributed by atoms with E-state index in [0.717, 1.165) is 0 Å². The van der Waals surface area contributed by atoms with Gasteiger partial charge < -0.3 is 11.1 Å². The first-order chi connectivity index (χ1) is 7.90. The fourth-order valence-electron chi connectivity index (χ4n) is 1.29. The molecule has 1 amide bonds. The molecule has 1 aromatic rings. The number of carbonyl (C=O) groups excluding carboxylic acids is 1. The van der Waals surface area contributed by atoms with Crippen molar-refractivity contribution in [3.05, 3.63) is 29.8 Å². The Balaban J connectivity index is 0.00000289. The zero-order valence-electron chi connectivity index (χ0n) is 9.46. The summed E-state index contributed by atoms with van der Waals surface area (Å²) in [4.78, 5) is 11.5. The second-order valence-electron chi connectivity index (χ2n) is 3.56. The summed E-state index contributed by atoms with van der Waals surface area (Å²) in [6, 6.07) is 6.40. The number of carbonyl (C=O) groups is 1. The monoisotopic (exact) mass is 282 g/mol. The second-order valence-corrected chi connectivity index (χ2v) is 3.56. The summed E-state index contributed by atoms with van der Waals surface area (Å²) in [7, 11) is 0. The van der Waals surface area contributed by atoms with E-state index in [1.165, 1.54) is 6.07 Å². The summed E-state index contributed by atoms with van der Waals surface area (Å²) in [6.07, 6.45) is -5.23. The van der Waals surface area contributed by atoms with Crippen LogP contribution in [0, 0.1) is 0 Å². The lowest BCUT2D eigenvalue weighted by atomic mass is 10.1. The van der Waals surface area contributed by atoms with Crippen molar-refractivity contribution in [3.8, 4) is 0 Å². The molecule has 102 valence electrons. The zero-order valence-corrected chi connectivity index (χ0v) is 10.3. The van der Waals surface area contributed by atoms with Crippen LogP contribution < -0.4 is 11.1 Å². The third kappa shape index (κ3) is 5.77. The highest BCUT2D eigenvalue weighted by molar-refractivity contribution is 5.98. The number of halogens is 4. The van der Waals surface area contributed by atoms with E-state index in [1.54, 1.807) is 18.2 Å². The number of nitrogen functional groups attached to an aromatic ring is 1. The van der Waals surface area contributed by atoms with E-state index in [4.69, 9.17) is 5.73 Å². The van der Waals surface area contributed by atoms with Gasteiger partial charge in [0.1, 0.15) is 0 Å². The molecule has 0 atom stereocenters. The zero-order chi connectivity index (χ0) is 12.9. The molecule has 0 radical (unpaired) electrons. The summed E-state index contributed by atoms with van der Waals surface area (Å²) in [5.74, 6) is -0.453. The minimum Gasteiger partial charge on any atom is -0.398 e. The highest BCUT2D eigenvalue weighted by Gasteiger charge is 2.26. The Bertz CT molecular complexity index is 396. The van der Waals surface area contributed by atoms with Crippen LogP contribution in [0.5, 0.6) is 0 Å². The average molecular weight is 283 g/mol. The third-order valence-electron chi connectivity index (χ3n) is 2.13. The maximum atomic E-state index is 11.8. The normalized spacial score (nSPS) is 10.6. The summed E-state index contributed by atoms with van der Waals surface area (Å²) in [6.45, 7) is -0.0212. The number of hydrogen-bond acceptors (Lipinski definition) is 2. The molecule has 0 aromatic heterocycles. The number of alkyl halides is 3. The lowest BCUT2D eigenvalue weighted by molar-refractivity contribution is -0.135. The highest BCUT2D eigenvalue weighted by Crippen LogP contribution is 2.20. The van der Waals surface area contributed by atoms with Crippen molar-refractivity contribution in [1.29, 1.82) is 0 Å². The molecular formula is C11H14ClF3N2O. The van der Waals surface area contributed by atoms with Crippen molar-refractivity contribution < 1.29 is 18.0 Å². The Labute approximate surface area is 109 Å². The minimum atomic E-state index is -4.18. The quantitative estimate of drug-likeness (QED) is 0.659. The molecule has 0 unspecified atom stereocenters. The van der Waals surface area contributed by atoms with Crippen LogP contribution in [0.4, 0.5) is 18.9 Å². The number of benzene rings is 1. The van der Waals surface area contributed by atoms with Crippen LogP contribution in [0.3, 0.4) is 0 Å². The molecule has 1 rings (SSSR count). The lowest BCUT2D eigenvalue weighted by Gasteiger charge is -2.08. The van der Waals surface area contributed by atoms with Crippen LogP contribution in [0.15, 0.2) is 24.3 Å². The summed E-state index contributed by atoms with van der Waals surface area (Å²) < 4.78 is 35.5. The Hall–Kier alpha value is -1.43. The summed E-state index contributed by atoms with van der Waals surface area (Å²) in [5.41, 5.74) is 6.14. The number of amides is 1. The van der Waals surface area contributed by atoms with Gasteiger partial charge in [0.05, 0.1) is 5.56 Å². The molecule has 0 heterocycles. The van der Waals surface area contributed by atoms with Gasteiger partial charge in [-0.1, -0.05) is 12.1 Å². The van der Waals surface area contributed by atoms with E-state index >= 15 is 0 Å². The van der Waals surface area contributed by atoms with Gasteiger partial charge in [-0.15, -0.1) is 12.4 Å². The molecule has 0 saturated heterocycles. The number of nitrogens with one attached hydrogen (secondary N) is 1. The molecule has 7 heteroatoms. The third-order valence-corrected chi connectivity index (χ3v) is 2.13. The largest absolute Gasteiger partial charge is 0.398 e. The van der Waals surface area contributed by atoms with Crippen molar-refractivity contribution in [3.63, 3.8) is 0 Å². The molecule has 1 aromatic carbocycles. The molecule has 18 heavy (non-hydrogen) atoms. The number of rotatable bonds is 4. The van der Waals surface area contributed by atoms with Gasteiger partial charge in [0.2, 0.25) is 0 Å². The van der Waals surface area contributed by atoms with E-state index < -0.39 is 18.5 Å². The van der Waals surface area contributed by atoms with Crippen molar-refractivity contribution in [2.24, 2.45) is 0 Å². The predicted molar refractivity (Wildman–Crippen MR) is 65.7 cm³/mol. The molecule has 0 aliphatic carbocycles. The fourth-order valence-corrected chi connectivity index (χ4v) is 1.29. The Morgan fingerprint density at radius 1 is 1.28 bits per heavy atom. The van der Waals surface area contributed by atoms with Gasteiger partial charge in [0.25, 0.3) is 5.91 Å². The van der Waals surface area contributed by atoms with Crippen molar-refractivity contribution >= 4 is 24.0 Å². The van der Waals surface area contributed by atoms with Crippen LogP contribution in [-0.4, -0.2) is 18.6 Å². The Morgan fingerprint density at radius 2 is 1.89 bits per heavy atom. The van der Waals surface area contributed by atoms with Crippen molar-refractivity contribution in [1.82, 2.24) is 5.32 Å². The summed E-state index contributed by atoms with van der Waals surface area (Å²) in [5, 5.41) is 2.39. The van der Waals surface area contributed by atoms with Crippen LogP contribution in [-0.2, 0) is 0 Å². The van der Waals surface area contributed by atoms with Crippen LogP contribution in [0.1, 0.15) is 23.2 Å². The topological polar surface area (TPSA) is 55.1 Å². The van der Waals surface area contributed by atoms with E-state index in [-0.39, 0.29) is 30.9 Å². The second kappa shape index (κ2) is 7.10. The molecule has 3 N–H and O–H groups in total. The van der Waals surface area contributed by atoms with Gasteiger partial charge in [-0.25, -0.2) is 0 Å².